The van der Waals surface area contributed by atoms with Gasteiger partial charge in [-0.1, -0.05) is 36.4 Å². The Morgan fingerprint density at radius 2 is 0.317 bits per heavy atom. The number of hydrogen-bond acceptors (Lipinski definition) is 12. The number of nitro groups is 6. The van der Waals surface area contributed by atoms with Gasteiger partial charge >= 0.3 is 0 Å². The molecule has 6 aromatic rings. The van der Waals surface area contributed by atoms with Crippen molar-refractivity contribution in [3.05, 3.63) is 237 Å². The van der Waals surface area contributed by atoms with E-state index in [0.717, 1.165) is 0 Å². The summed E-state index contributed by atoms with van der Waals surface area (Å²) in [5.41, 5.74) is 3.40. The standard InChI is InChI=1S/C42H30N6O12/c49-43(50)37-13-25-1-26(14-37)8-28-3-30(18-39(16-28)45(53)54)10-32-5-34(22-41(20-32)47(57)58)12-36-6-35(23-42(24-36)48(59)60)11-33-4-31(19-40(21-33)46(55)56)9-29-2-27(7-25)15-38(17-29)44(51)52/h1-6,13-24H,7-12H2. The lowest BCUT2D eigenvalue weighted by molar-refractivity contribution is -0.385. The first-order chi connectivity index (χ1) is 28.5. The average molecular weight is 811 g/mol. The number of fused-ring (bicyclic) bond motifs is 12. The number of non-ortho nitro benzene ring substituents is 6. The lowest BCUT2D eigenvalue weighted by Crippen LogP contribution is -2.02. The molecule has 0 radical (unpaired) electrons. The van der Waals surface area contributed by atoms with Crippen molar-refractivity contribution < 1.29 is 29.5 Å². The van der Waals surface area contributed by atoms with Crippen LogP contribution < -0.4 is 0 Å². The zero-order valence-electron chi connectivity index (χ0n) is 31.2. The van der Waals surface area contributed by atoms with E-state index < -0.39 is 29.5 Å². The van der Waals surface area contributed by atoms with Gasteiger partial charge in [0.1, 0.15) is 0 Å². The molecule has 1 aliphatic carbocycles. The molecule has 1 aliphatic rings. The van der Waals surface area contributed by atoms with E-state index in [0.29, 0.717) is 66.8 Å². The predicted octanol–water partition coefficient (Wildman–Crippen LogP) is 8.99. The van der Waals surface area contributed by atoms with Crippen LogP contribution in [0.1, 0.15) is 66.8 Å². The molecule has 0 aliphatic heterocycles. The second kappa shape index (κ2) is 16.3. The molecule has 7 rings (SSSR count). The van der Waals surface area contributed by atoms with E-state index in [1.165, 1.54) is 72.8 Å². The Labute approximate surface area is 338 Å². The largest absolute Gasteiger partial charge is 0.269 e. The quantitative estimate of drug-likeness (QED) is 0.113. The second-order valence-electron chi connectivity index (χ2n) is 14.6. The first kappa shape index (κ1) is 39.9. The second-order valence-corrected chi connectivity index (χ2v) is 14.6. The highest BCUT2D eigenvalue weighted by molar-refractivity contribution is 5.52. The molecule has 0 N–H and O–H groups in total. The molecule has 0 atom stereocenters. The summed E-state index contributed by atoms with van der Waals surface area (Å²) in [5, 5.41) is 72.6. The molecule has 60 heavy (non-hydrogen) atoms. The van der Waals surface area contributed by atoms with Crippen LogP contribution in [0.25, 0.3) is 0 Å². The first-order valence-corrected chi connectivity index (χ1v) is 18.2. The summed E-state index contributed by atoms with van der Waals surface area (Å²) >= 11 is 0. The molecule has 6 aromatic carbocycles. The van der Waals surface area contributed by atoms with Crippen LogP contribution in [0.2, 0.25) is 0 Å². The highest BCUT2D eigenvalue weighted by atomic mass is 16.6. The zero-order chi connectivity index (χ0) is 42.8. The van der Waals surface area contributed by atoms with Crippen LogP contribution in [0, 0.1) is 60.7 Å². The Morgan fingerprint density at radius 1 is 0.217 bits per heavy atom. The Morgan fingerprint density at radius 3 is 0.400 bits per heavy atom. The fraction of sp³-hybridized carbons (Fsp3) is 0.143. The highest BCUT2D eigenvalue weighted by Crippen LogP contribution is 2.31. The predicted molar refractivity (Wildman–Crippen MR) is 215 cm³/mol. The van der Waals surface area contributed by atoms with Crippen LogP contribution in [0.5, 0.6) is 0 Å². The first-order valence-electron chi connectivity index (χ1n) is 18.2. The van der Waals surface area contributed by atoms with Crippen LogP contribution in [0.4, 0.5) is 34.1 Å². The maximum absolute atomic E-state index is 12.1. The van der Waals surface area contributed by atoms with E-state index in [9.17, 15) is 60.7 Å². The van der Waals surface area contributed by atoms with Gasteiger partial charge in [-0.25, -0.2) is 0 Å². The Balaban J connectivity index is 1.43. The lowest BCUT2D eigenvalue weighted by Gasteiger charge is -2.12. The van der Waals surface area contributed by atoms with E-state index >= 15 is 0 Å². The monoisotopic (exact) mass is 810 g/mol. The summed E-state index contributed by atoms with van der Waals surface area (Å²) in [6.45, 7) is 0. The molecule has 0 heterocycles. The highest BCUT2D eigenvalue weighted by Gasteiger charge is 2.20. The molecule has 0 unspecified atom stereocenters. The maximum atomic E-state index is 12.1. The molecule has 300 valence electrons. The molecule has 0 amide bonds. The van der Waals surface area contributed by atoms with Gasteiger partial charge in [0, 0.05) is 72.8 Å². The third kappa shape index (κ3) is 9.46. The van der Waals surface area contributed by atoms with E-state index in [1.807, 2.05) is 0 Å². The molecule has 18 heteroatoms. The van der Waals surface area contributed by atoms with Gasteiger partial charge in [0.05, 0.1) is 29.5 Å². The average Bonchev–Trinajstić information content (AvgIpc) is 3.17. The van der Waals surface area contributed by atoms with Gasteiger partial charge in [-0.2, -0.15) is 0 Å². The van der Waals surface area contributed by atoms with Crippen molar-refractivity contribution in [1.29, 1.82) is 0 Å². The van der Waals surface area contributed by atoms with Gasteiger partial charge in [-0.05, 0) is 105 Å². The minimum absolute atomic E-state index is 0.00791. The van der Waals surface area contributed by atoms with Crippen molar-refractivity contribution in [3.8, 4) is 0 Å². The van der Waals surface area contributed by atoms with Gasteiger partial charge < -0.3 is 0 Å². The summed E-state index contributed by atoms with van der Waals surface area (Å²) in [4.78, 5) is 69.0. The topological polar surface area (TPSA) is 259 Å². The SMILES string of the molecule is O=[N+]([O-])c1cc2cc(c1)Cc1cc(cc([N+](=O)[O-])c1)Cc1cc(cc([N+](=O)[O-])c1)Cc1cc(cc([N+](=O)[O-])c1)Cc1cc(cc([N+](=O)[O-])c1)Cc1cc(cc([N+](=O)[O-])c1)C2. The maximum Gasteiger partial charge on any atom is 0.269 e. The Kier molecular flexibility index (Phi) is 10.8. The number of rotatable bonds is 6. The van der Waals surface area contributed by atoms with Crippen molar-refractivity contribution in [2.24, 2.45) is 0 Å². The molecule has 18 nitrogen and oxygen atoms in total. The van der Waals surface area contributed by atoms with E-state index in [4.69, 9.17) is 0 Å². The molecule has 0 saturated heterocycles. The summed E-state index contributed by atoms with van der Waals surface area (Å²) in [6.07, 6.45) is 0.0475. The van der Waals surface area contributed by atoms with Crippen LogP contribution in [-0.4, -0.2) is 29.5 Å². The zero-order valence-corrected chi connectivity index (χ0v) is 31.2. The normalized spacial score (nSPS) is 12.4. The van der Waals surface area contributed by atoms with Crippen LogP contribution in [-0.2, 0) is 38.5 Å². The van der Waals surface area contributed by atoms with Crippen molar-refractivity contribution in [3.63, 3.8) is 0 Å². The fourth-order valence-electron chi connectivity index (χ4n) is 7.73. The number of nitrogens with zero attached hydrogens (tertiary/aromatic N) is 6. The fourth-order valence-corrected chi connectivity index (χ4v) is 7.73. The molecular formula is C42H30N6O12. The lowest BCUT2D eigenvalue weighted by atomic mass is 9.93. The summed E-state index contributed by atoms with van der Waals surface area (Å²) in [5.74, 6) is 0. The molecule has 0 fully saturated rings. The van der Waals surface area contributed by atoms with E-state index in [-0.39, 0.29) is 72.6 Å². The third-order valence-electron chi connectivity index (χ3n) is 9.94. The number of hydrogen-bond donors (Lipinski definition) is 0. The molecular weight excluding hydrogens is 780 g/mol. The van der Waals surface area contributed by atoms with Gasteiger partial charge in [0.2, 0.25) is 0 Å². The van der Waals surface area contributed by atoms with Crippen molar-refractivity contribution in [1.82, 2.24) is 0 Å². The Hall–Kier alpha value is -8.28. The number of nitro benzene ring substituents is 6. The van der Waals surface area contributed by atoms with Crippen LogP contribution in [0.3, 0.4) is 0 Å². The van der Waals surface area contributed by atoms with Crippen molar-refractivity contribution in [2.75, 3.05) is 0 Å². The van der Waals surface area contributed by atoms with Crippen molar-refractivity contribution in [2.45, 2.75) is 38.5 Å². The molecule has 0 saturated carbocycles. The van der Waals surface area contributed by atoms with Gasteiger partial charge in [0.25, 0.3) is 34.1 Å². The smallest absolute Gasteiger partial charge is 0.258 e. The summed E-state index contributed by atoms with van der Waals surface area (Å²) in [6, 6.07) is 26.0. The van der Waals surface area contributed by atoms with Gasteiger partial charge in [-0.15, -0.1) is 0 Å². The Bertz CT molecular complexity index is 2210. The van der Waals surface area contributed by atoms with Gasteiger partial charge in [-0.3, -0.25) is 60.7 Å². The summed E-state index contributed by atoms with van der Waals surface area (Å²) < 4.78 is 0. The van der Waals surface area contributed by atoms with Crippen LogP contribution >= 0.6 is 0 Å². The molecule has 12 bridgehead atoms. The molecule has 0 spiro atoms. The minimum Gasteiger partial charge on any atom is -0.258 e. The molecule has 0 aromatic heterocycles. The summed E-state index contributed by atoms with van der Waals surface area (Å²) in [7, 11) is 0. The van der Waals surface area contributed by atoms with E-state index in [1.54, 1.807) is 36.4 Å². The van der Waals surface area contributed by atoms with Crippen LogP contribution in [0.15, 0.2) is 109 Å². The number of benzene rings is 6. The van der Waals surface area contributed by atoms with E-state index in [2.05, 4.69) is 0 Å². The van der Waals surface area contributed by atoms with Crippen molar-refractivity contribution >= 4 is 34.1 Å². The van der Waals surface area contributed by atoms with Gasteiger partial charge in [0.15, 0.2) is 0 Å². The minimum atomic E-state index is -0.590. The third-order valence-corrected chi connectivity index (χ3v) is 9.94.